The van der Waals surface area contributed by atoms with Crippen molar-refractivity contribution in [3.63, 3.8) is 0 Å². The van der Waals surface area contributed by atoms with E-state index in [1.165, 1.54) is 28.0 Å². The topological polar surface area (TPSA) is 83.7 Å². The maximum absolute atomic E-state index is 13.7. The van der Waals surface area contributed by atoms with Gasteiger partial charge in [0.1, 0.15) is 11.6 Å². The molecule has 0 saturated heterocycles. The standard InChI is InChI=1S/C23H31N3O4S2/c1-16(2)12-25(13-17(3)4)23(27)18(5)26(14-20-11-24-15-31-20)32(28,29)21-6-7-22-19(10-21)8-9-30-22/h6-11,15-18H,12-14H2,1-5H3/t18-/m0/s1. The largest absolute Gasteiger partial charge is 0.464 e. The Morgan fingerprint density at radius 1 is 1.09 bits per heavy atom. The summed E-state index contributed by atoms with van der Waals surface area (Å²) >= 11 is 1.37. The quantitative estimate of drug-likeness (QED) is 0.426. The number of carbonyl (C=O) groups is 1. The predicted molar refractivity (Wildman–Crippen MR) is 127 cm³/mol. The van der Waals surface area contributed by atoms with Crippen LogP contribution in [-0.4, -0.2) is 47.6 Å². The summed E-state index contributed by atoms with van der Waals surface area (Å²) in [6.45, 7) is 11.1. The van der Waals surface area contributed by atoms with Crippen molar-refractivity contribution < 1.29 is 17.6 Å². The zero-order valence-corrected chi connectivity index (χ0v) is 20.8. The summed E-state index contributed by atoms with van der Waals surface area (Å²) in [4.78, 5) is 20.3. The van der Waals surface area contributed by atoms with Crippen LogP contribution in [0, 0.1) is 11.8 Å². The first-order chi connectivity index (χ1) is 15.1. The third-order valence-corrected chi connectivity index (χ3v) is 7.77. The Kier molecular flexibility index (Phi) is 7.74. The molecule has 0 aliphatic heterocycles. The van der Waals surface area contributed by atoms with Gasteiger partial charge < -0.3 is 9.32 Å². The van der Waals surface area contributed by atoms with Gasteiger partial charge >= 0.3 is 0 Å². The van der Waals surface area contributed by atoms with E-state index in [0.29, 0.717) is 24.1 Å². The average molecular weight is 478 g/mol. The van der Waals surface area contributed by atoms with Crippen LogP contribution in [0.5, 0.6) is 0 Å². The van der Waals surface area contributed by atoms with Crippen LogP contribution < -0.4 is 0 Å². The molecule has 0 saturated carbocycles. The van der Waals surface area contributed by atoms with E-state index in [9.17, 15) is 13.2 Å². The molecule has 1 amide bonds. The minimum atomic E-state index is -3.96. The van der Waals surface area contributed by atoms with Crippen molar-refractivity contribution in [1.29, 1.82) is 0 Å². The molecule has 0 N–H and O–H groups in total. The number of carbonyl (C=O) groups excluding carboxylic acids is 1. The third-order valence-electron chi connectivity index (χ3n) is 5.10. The first kappa shape index (κ1) is 24.4. The zero-order chi connectivity index (χ0) is 23.5. The van der Waals surface area contributed by atoms with Crippen LogP contribution in [0.2, 0.25) is 0 Å². The van der Waals surface area contributed by atoms with Crippen LogP contribution in [0.3, 0.4) is 0 Å². The van der Waals surface area contributed by atoms with Gasteiger partial charge in [0.25, 0.3) is 0 Å². The number of sulfonamides is 1. The highest BCUT2D eigenvalue weighted by Gasteiger charge is 2.36. The maximum Gasteiger partial charge on any atom is 0.244 e. The molecule has 7 nitrogen and oxygen atoms in total. The molecular weight excluding hydrogens is 446 g/mol. The summed E-state index contributed by atoms with van der Waals surface area (Å²) in [6, 6.07) is 5.62. The second-order valence-electron chi connectivity index (χ2n) is 8.85. The molecule has 2 heterocycles. The number of hydrogen-bond acceptors (Lipinski definition) is 6. The van der Waals surface area contributed by atoms with E-state index in [0.717, 1.165) is 4.88 Å². The number of nitrogens with zero attached hydrogens (tertiary/aromatic N) is 3. The lowest BCUT2D eigenvalue weighted by Gasteiger charge is -2.33. The second kappa shape index (κ2) is 10.1. The van der Waals surface area contributed by atoms with Gasteiger partial charge in [-0.1, -0.05) is 27.7 Å². The summed E-state index contributed by atoms with van der Waals surface area (Å²) in [5.41, 5.74) is 2.27. The molecule has 0 bridgehead atoms. The number of hydrogen-bond donors (Lipinski definition) is 0. The van der Waals surface area contributed by atoms with Gasteiger partial charge in [0.2, 0.25) is 15.9 Å². The first-order valence-corrected chi connectivity index (χ1v) is 13.1. The molecule has 1 atom stereocenters. The highest BCUT2D eigenvalue weighted by Crippen LogP contribution is 2.27. The SMILES string of the molecule is CC(C)CN(CC(C)C)C(=O)[C@H](C)N(Cc1cncs1)S(=O)(=O)c1ccc2occc2c1. The van der Waals surface area contributed by atoms with Gasteiger partial charge in [-0.05, 0) is 43.0 Å². The molecular formula is C23H31N3O4S2. The first-order valence-electron chi connectivity index (χ1n) is 10.7. The molecule has 0 fully saturated rings. The molecule has 32 heavy (non-hydrogen) atoms. The monoisotopic (exact) mass is 477 g/mol. The Morgan fingerprint density at radius 3 is 2.38 bits per heavy atom. The number of amides is 1. The molecule has 1 aromatic carbocycles. The van der Waals surface area contributed by atoms with Gasteiger partial charge in [-0.3, -0.25) is 9.78 Å². The van der Waals surface area contributed by atoms with Crippen LogP contribution in [0.1, 0.15) is 39.5 Å². The number of rotatable bonds is 10. The second-order valence-corrected chi connectivity index (χ2v) is 11.7. The van der Waals surface area contributed by atoms with Crippen molar-refractivity contribution in [3.8, 4) is 0 Å². The van der Waals surface area contributed by atoms with Crippen molar-refractivity contribution in [3.05, 3.63) is 47.1 Å². The lowest BCUT2D eigenvalue weighted by molar-refractivity contribution is -0.136. The fourth-order valence-corrected chi connectivity index (χ4v) is 5.94. The van der Waals surface area contributed by atoms with Gasteiger partial charge in [0.15, 0.2) is 0 Å². The highest BCUT2D eigenvalue weighted by molar-refractivity contribution is 7.89. The number of furan rings is 1. The predicted octanol–water partition coefficient (Wildman–Crippen LogP) is 4.61. The molecule has 2 aromatic heterocycles. The molecule has 0 aliphatic rings. The molecule has 3 aromatic rings. The lowest BCUT2D eigenvalue weighted by Crippen LogP contribution is -2.50. The Bertz CT molecular complexity index is 1130. The van der Waals surface area contributed by atoms with E-state index in [1.807, 2.05) is 0 Å². The Balaban J connectivity index is 1.99. The lowest BCUT2D eigenvalue weighted by atomic mass is 10.1. The van der Waals surface area contributed by atoms with Gasteiger partial charge in [0.05, 0.1) is 23.2 Å². The van der Waals surface area contributed by atoms with Gasteiger partial charge in [-0.15, -0.1) is 11.3 Å². The fraction of sp³-hybridized carbons (Fsp3) is 0.478. The van der Waals surface area contributed by atoms with E-state index in [1.54, 1.807) is 41.7 Å². The van der Waals surface area contributed by atoms with Crippen molar-refractivity contribution >= 4 is 38.2 Å². The zero-order valence-electron chi connectivity index (χ0n) is 19.2. The molecule has 3 rings (SSSR count). The summed E-state index contributed by atoms with van der Waals surface area (Å²) in [7, 11) is -3.96. The number of fused-ring (bicyclic) bond motifs is 1. The van der Waals surface area contributed by atoms with E-state index in [2.05, 4.69) is 32.7 Å². The maximum atomic E-state index is 13.7. The third kappa shape index (κ3) is 5.57. The molecule has 0 unspecified atom stereocenters. The smallest absolute Gasteiger partial charge is 0.244 e. The molecule has 0 aliphatic carbocycles. The van der Waals surface area contributed by atoms with Gasteiger partial charge in [-0.2, -0.15) is 4.31 Å². The number of benzene rings is 1. The Labute approximate surface area is 194 Å². The highest BCUT2D eigenvalue weighted by atomic mass is 32.2. The molecule has 9 heteroatoms. The Hall–Kier alpha value is -2.23. The van der Waals surface area contributed by atoms with Crippen molar-refractivity contribution in [1.82, 2.24) is 14.2 Å². The normalized spacial score (nSPS) is 13.4. The summed E-state index contributed by atoms with van der Waals surface area (Å²) in [5.74, 6) is 0.366. The van der Waals surface area contributed by atoms with E-state index in [4.69, 9.17) is 4.42 Å². The summed E-state index contributed by atoms with van der Waals surface area (Å²) in [5, 5.41) is 0.698. The van der Waals surface area contributed by atoms with Crippen molar-refractivity contribution in [2.75, 3.05) is 13.1 Å². The van der Waals surface area contributed by atoms with Crippen molar-refractivity contribution in [2.24, 2.45) is 11.8 Å². The van der Waals surface area contributed by atoms with Gasteiger partial charge in [0, 0.05) is 29.5 Å². The number of thiazole rings is 1. The summed E-state index contributed by atoms with van der Waals surface area (Å²) < 4.78 is 34.1. The van der Waals surface area contributed by atoms with Gasteiger partial charge in [-0.25, -0.2) is 8.42 Å². The fourth-order valence-electron chi connectivity index (χ4n) is 3.67. The van der Waals surface area contributed by atoms with Crippen LogP contribution in [0.15, 0.2) is 51.5 Å². The molecule has 0 spiro atoms. The van der Waals surface area contributed by atoms with E-state index < -0.39 is 16.1 Å². The molecule has 174 valence electrons. The summed E-state index contributed by atoms with van der Waals surface area (Å²) in [6.07, 6.45) is 3.17. The molecule has 0 radical (unpaired) electrons. The van der Waals surface area contributed by atoms with Crippen LogP contribution in [0.4, 0.5) is 0 Å². The minimum absolute atomic E-state index is 0.0839. The van der Waals surface area contributed by atoms with Crippen LogP contribution >= 0.6 is 11.3 Å². The van der Waals surface area contributed by atoms with E-state index >= 15 is 0 Å². The van der Waals surface area contributed by atoms with E-state index in [-0.39, 0.29) is 29.2 Å². The minimum Gasteiger partial charge on any atom is -0.464 e. The van der Waals surface area contributed by atoms with Crippen molar-refractivity contribution in [2.45, 2.75) is 52.1 Å². The van der Waals surface area contributed by atoms with Crippen LogP contribution in [-0.2, 0) is 21.4 Å². The van der Waals surface area contributed by atoms with Crippen LogP contribution in [0.25, 0.3) is 11.0 Å². The number of aromatic nitrogens is 1. The average Bonchev–Trinajstić information content (AvgIpc) is 3.40. The Morgan fingerprint density at radius 2 is 1.78 bits per heavy atom.